The van der Waals surface area contributed by atoms with Crippen LogP contribution in [0.2, 0.25) is 0 Å². The number of carbonyl (C=O) groups is 3. The number of rotatable bonds is 5. The topological polar surface area (TPSA) is 96.4 Å². The SMILES string of the molecule is CCCC(C)N1CC=C[C@]23O[C@]4(C)/C=C\CCCCOC(=O)[C@@H]4[C@H]2C(=O)N([C@H](C)CO)C3C1=O. The van der Waals surface area contributed by atoms with E-state index in [1.807, 2.05) is 38.2 Å². The number of fused-ring (bicyclic) bond motifs is 2. The average Bonchev–Trinajstić information content (AvgIpc) is 3.13. The highest BCUT2D eigenvalue weighted by molar-refractivity contribution is 5.99. The first-order valence-electron chi connectivity index (χ1n) is 12.7. The molecule has 2 unspecified atom stereocenters. The summed E-state index contributed by atoms with van der Waals surface area (Å²) >= 11 is 0. The Bertz CT molecular complexity index is 887. The van der Waals surface area contributed by atoms with E-state index in [1.54, 1.807) is 11.8 Å². The first-order valence-corrected chi connectivity index (χ1v) is 12.7. The maximum Gasteiger partial charge on any atom is 0.313 e. The third kappa shape index (κ3) is 3.79. The lowest BCUT2D eigenvalue weighted by atomic mass is 9.74. The molecule has 4 heterocycles. The number of cyclic esters (lactones) is 1. The Kier molecular flexibility index (Phi) is 6.93. The Hall–Kier alpha value is -2.19. The molecule has 0 aromatic carbocycles. The van der Waals surface area contributed by atoms with Crippen LogP contribution in [0.15, 0.2) is 24.3 Å². The zero-order valence-corrected chi connectivity index (χ0v) is 20.7. The van der Waals surface area contributed by atoms with Crippen LogP contribution in [0.4, 0.5) is 0 Å². The van der Waals surface area contributed by atoms with E-state index < -0.39 is 41.1 Å². The van der Waals surface area contributed by atoms with Crippen molar-refractivity contribution in [1.82, 2.24) is 9.80 Å². The van der Waals surface area contributed by atoms with Crippen molar-refractivity contribution in [1.29, 1.82) is 0 Å². The number of allylic oxidation sites excluding steroid dienone is 1. The number of ether oxygens (including phenoxy) is 2. The summed E-state index contributed by atoms with van der Waals surface area (Å²) in [6.07, 6.45) is 11.8. The molecule has 188 valence electrons. The van der Waals surface area contributed by atoms with Crippen LogP contribution in [0, 0.1) is 11.8 Å². The molecule has 34 heavy (non-hydrogen) atoms. The predicted octanol–water partition coefficient (Wildman–Crippen LogP) is 2.21. The normalized spacial score (nSPS) is 38.5. The minimum Gasteiger partial charge on any atom is -0.465 e. The van der Waals surface area contributed by atoms with Crippen molar-refractivity contribution >= 4 is 17.8 Å². The van der Waals surface area contributed by atoms with Gasteiger partial charge in [-0.2, -0.15) is 0 Å². The van der Waals surface area contributed by atoms with Crippen LogP contribution >= 0.6 is 0 Å². The summed E-state index contributed by atoms with van der Waals surface area (Å²) in [4.78, 5) is 44.7. The van der Waals surface area contributed by atoms with Crippen molar-refractivity contribution in [2.45, 2.75) is 89.1 Å². The zero-order valence-electron chi connectivity index (χ0n) is 20.7. The molecule has 8 heteroatoms. The summed E-state index contributed by atoms with van der Waals surface area (Å²) in [6, 6.07) is -1.57. The summed E-state index contributed by atoms with van der Waals surface area (Å²) in [5.41, 5.74) is -2.40. The summed E-state index contributed by atoms with van der Waals surface area (Å²) in [5, 5.41) is 9.99. The van der Waals surface area contributed by atoms with Crippen LogP contribution in [-0.2, 0) is 23.9 Å². The monoisotopic (exact) mass is 474 g/mol. The van der Waals surface area contributed by atoms with Gasteiger partial charge in [-0.1, -0.05) is 37.6 Å². The number of aliphatic hydroxyl groups is 1. The van der Waals surface area contributed by atoms with Gasteiger partial charge < -0.3 is 24.4 Å². The van der Waals surface area contributed by atoms with E-state index >= 15 is 0 Å². The standard InChI is InChI=1S/C26H38N2O6/c1-5-11-17(2)27-14-10-13-26-19(22(30)28(18(3)16-29)21(26)23(27)31)20-24(32)33-15-9-7-6-8-12-25(20,4)34-26/h8,10,12-13,17-21,29H,5-7,9,11,14-16H2,1-4H3/b12-8-/t17?,18-,19+,20+,21?,25-,26+/m1/s1. The first-order chi connectivity index (χ1) is 16.2. The minimum absolute atomic E-state index is 0.0136. The fraction of sp³-hybridized carbons (Fsp3) is 0.731. The zero-order chi connectivity index (χ0) is 24.7. The van der Waals surface area contributed by atoms with E-state index in [2.05, 4.69) is 6.92 Å². The van der Waals surface area contributed by atoms with Crippen molar-refractivity contribution < 1.29 is 29.0 Å². The van der Waals surface area contributed by atoms with E-state index in [0.29, 0.717) is 13.2 Å². The molecular weight excluding hydrogens is 436 g/mol. The Balaban J connectivity index is 1.86. The Morgan fingerprint density at radius 2 is 1.85 bits per heavy atom. The molecule has 2 saturated heterocycles. The fourth-order valence-electron chi connectivity index (χ4n) is 6.29. The number of aliphatic hydroxyl groups excluding tert-OH is 1. The van der Waals surface area contributed by atoms with E-state index in [-0.39, 0.29) is 24.5 Å². The number of hydrogen-bond donors (Lipinski definition) is 1. The Morgan fingerprint density at radius 1 is 1.09 bits per heavy atom. The predicted molar refractivity (Wildman–Crippen MR) is 126 cm³/mol. The number of esters is 1. The molecule has 0 aromatic heterocycles. The minimum atomic E-state index is -1.31. The van der Waals surface area contributed by atoms with Crippen LogP contribution in [0.25, 0.3) is 0 Å². The first kappa shape index (κ1) is 24.9. The number of hydrogen-bond acceptors (Lipinski definition) is 6. The molecule has 0 saturated carbocycles. The summed E-state index contributed by atoms with van der Waals surface area (Å²) in [6.45, 7) is 8.04. The summed E-state index contributed by atoms with van der Waals surface area (Å²) in [7, 11) is 0. The van der Waals surface area contributed by atoms with Crippen LogP contribution < -0.4 is 0 Å². The molecule has 2 fully saturated rings. The number of likely N-dealkylation sites (tertiary alicyclic amines) is 1. The highest BCUT2D eigenvalue weighted by Crippen LogP contribution is 2.57. The number of carbonyl (C=O) groups excluding carboxylic acids is 3. The van der Waals surface area contributed by atoms with Gasteiger partial charge in [-0.3, -0.25) is 14.4 Å². The molecule has 4 aliphatic heterocycles. The van der Waals surface area contributed by atoms with Gasteiger partial charge in [0.1, 0.15) is 17.6 Å². The lowest BCUT2D eigenvalue weighted by Crippen LogP contribution is -2.59. The molecule has 2 amide bonds. The number of nitrogens with zero attached hydrogens (tertiary/aromatic N) is 2. The van der Waals surface area contributed by atoms with Crippen LogP contribution in [0.3, 0.4) is 0 Å². The number of amides is 2. The summed E-state index contributed by atoms with van der Waals surface area (Å²) < 4.78 is 12.3. The molecule has 0 aromatic rings. The third-order valence-electron chi connectivity index (χ3n) is 7.95. The van der Waals surface area contributed by atoms with Gasteiger partial charge in [0, 0.05) is 12.6 Å². The van der Waals surface area contributed by atoms with Gasteiger partial charge in [0.05, 0.1) is 30.8 Å². The van der Waals surface area contributed by atoms with Crippen molar-refractivity contribution in [3.8, 4) is 0 Å². The van der Waals surface area contributed by atoms with Crippen molar-refractivity contribution in [2.24, 2.45) is 11.8 Å². The molecule has 0 radical (unpaired) electrons. The van der Waals surface area contributed by atoms with Gasteiger partial charge in [-0.05, 0) is 46.5 Å². The molecule has 1 N–H and O–H groups in total. The fourth-order valence-corrected chi connectivity index (χ4v) is 6.29. The molecule has 0 bridgehead atoms. The lowest BCUT2D eigenvalue weighted by molar-refractivity contribution is -0.161. The van der Waals surface area contributed by atoms with Gasteiger partial charge in [0.25, 0.3) is 0 Å². The van der Waals surface area contributed by atoms with Gasteiger partial charge in [0.15, 0.2) is 0 Å². The van der Waals surface area contributed by atoms with Crippen LogP contribution in [0.5, 0.6) is 0 Å². The molecular formula is C26H38N2O6. The third-order valence-corrected chi connectivity index (χ3v) is 7.95. The molecule has 1 spiro atoms. The van der Waals surface area contributed by atoms with Crippen LogP contribution in [-0.4, -0.2) is 81.8 Å². The van der Waals surface area contributed by atoms with Gasteiger partial charge in [-0.15, -0.1) is 0 Å². The second-order valence-corrected chi connectivity index (χ2v) is 10.4. The summed E-state index contributed by atoms with van der Waals surface area (Å²) in [5.74, 6) is -2.81. The molecule has 8 nitrogen and oxygen atoms in total. The van der Waals surface area contributed by atoms with Gasteiger partial charge in [-0.25, -0.2) is 0 Å². The molecule has 0 aliphatic carbocycles. The Morgan fingerprint density at radius 3 is 2.56 bits per heavy atom. The van der Waals surface area contributed by atoms with E-state index in [0.717, 1.165) is 32.1 Å². The van der Waals surface area contributed by atoms with Gasteiger partial charge in [0.2, 0.25) is 11.8 Å². The smallest absolute Gasteiger partial charge is 0.313 e. The van der Waals surface area contributed by atoms with Crippen molar-refractivity contribution in [3.05, 3.63) is 24.3 Å². The maximum absolute atomic E-state index is 14.1. The molecule has 4 aliphatic rings. The van der Waals surface area contributed by atoms with E-state index in [9.17, 15) is 19.5 Å². The van der Waals surface area contributed by atoms with E-state index in [4.69, 9.17) is 9.47 Å². The largest absolute Gasteiger partial charge is 0.465 e. The molecule has 4 rings (SSSR count). The lowest BCUT2D eigenvalue weighted by Gasteiger charge is -2.40. The van der Waals surface area contributed by atoms with Gasteiger partial charge >= 0.3 is 5.97 Å². The van der Waals surface area contributed by atoms with Crippen molar-refractivity contribution in [3.63, 3.8) is 0 Å². The highest BCUT2D eigenvalue weighted by Gasteiger charge is 2.75. The molecule has 7 atom stereocenters. The van der Waals surface area contributed by atoms with E-state index in [1.165, 1.54) is 4.90 Å². The second kappa shape index (κ2) is 9.46. The van der Waals surface area contributed by atoms with Crippen LogP contribution in [0.1, 0.15) is 59.8 Å². The van der Waals surface area contributed by atoms with Crippen molar-refractivity contribution in [2.75, 3.05) is 19.8 Å². The Labute approximate surface area is 201 Å². The maximum atomic E-state index is 14.1. The quantitative estimate of drug-likeness (QED) is 0.485. The highest BCUT2D eigenvalue weighted by atomic mass is 16.6. The second-order valence-electron chi connectivity index (χ2n) is 10.4. The average molecular weight is 475 g/mol.